The number of benzene rings is 1. The molecule has 0 radical (unpaired) electrons. The number of nitrogens with zero attached hydrogens (tertiary/aromatic N) is 2. The highest BCUT2D eigenvalue weighted by atomic mass is 32.1. The van der Waals surface area contributed by atoms with Crippen molar-refractivity contribution < 1.29 is 4.79 Å². The SMILES string of the molecule is Cc1nc(C)c(CN2C(=O)C(C)(C)c3cc(N)c(N)cc32)s1. The Morgan fingerprint density at radius 1 is 1.23 bits per heavy atom. The molecule has 4 N–H and O–H groups in total. The highest BCUT2D eigenvalue weighted by molar-refractivity contribution is 7.11. The van der Waals surface area contributed by atoms with E-state index < -0.39 is 5.41 Å². The predicted octanol–water partition coefficient (Wildman–Crippen LogP) is 2.75. The molecule has 1 aromatic heterocycles. The summed E-state index contributed by atoms with van der Waals surface area (Å²) in [6, 6.07) is 3.63. The summed E-state index contributed by atoms with van der Waals surface area (Å²) in [5, 5.41) is 1.01. The normalized spacial score (nSPS) is 16.2. The van der Waals surface area contributed by atoms with Gasteiger partial charge in [-0.15, -0.1) is 11.3 Å². The van der Waals surface area contributed by atoms with Crippen LogP contribution in [-0.4, -0.2) is 10.9 Å². The summed E-state index contributed by atoms with van der Waals surface area (Å²) >= 11 is 1.62. The monoisotopic (exact) mass is 316 g/mol. The first-order chi connectivity index (χ1) is 10.2. The summed E-state index contributed by atoms with van der Waals surface area (Å²) in [5.41, 5.74) is 15.1. The van der Waals surface area contributed by atoms with Gasteiger partial charge in [-0.1, -0.05) is 0 Å². The lowest BCUT2D eigenvalue weighted by atomic mass is 9.86. The molecule has 5 nitrogen and oxygen atoms in total. The highest BCUT2D eigenvalue weighted by Crippen LogP contribution is 2.45. The molecule has 0 fully saturated rings. The molecule has 2 aromatic rings. The number of nitrogen functional groups attached to an aromatic ring is 2. The molecule has 3 rings (SSSR count). The van der Waals surface area contributed by atoms with Crippen molar-refractivity contribution in [2.24, 2.45) is 0 Å². The van der Waals surface area contributed by atoms with Gasteiger partial charge >= 0.3 is 0 Å². The minimum atomic E-state index is -0.592. The van der Waals surface area contributed by atoms with Crippen LogP contribution in [0, 0.1) is 13.8 Å². The van der Waals surface area contributed by atoms with Crippen molar-refractivity contribution in [3.63, 3.8) is 0 Å². The van der Waals surface area contributed by atoms with Crippen LogP contribution in [-0.2, 0) is 16.8 Å². The molecule has 6 heteroatoms. The van der Waals surface area contributed by atoms with E-state index in [2.05, 4.69) is 4.98 Å². The van der Waals surface area contributed by atoms with Gasteiger partial charge < -0.3 is 16.4 Å². The van der Waals surface area contributed by atoms with Gasteiger partial charge in [-0.3, -0.25) is 4.79 Å². The molecule has 0 spiro atoms. The third-order valence-electron chi connectivity index (χ3n) is 4.25. The van der Waals surface area contributed by atoms with Crippen molar-refractivity contribution in [1.29, 1.82) is 0 Å². The molecule has 0 bridgehead atoms. The van der Waals surface area contributed by atoms with Crippen LogP contribution in [0.5, 0.6) is 0 Å². The van der Waals surface area contributed by atoms with Gasteiger partial charge in [0.15, 0.2) is 0 Å². The summed E-state index contributed by atoms with van der Waals surface area (Å²) in [5.74, 6) is 0.0675. The second kappa shape index (κ2) is 4.71. The Morgan fingerprint density at radius 2 is 1.86 bits per heavy atom. The second-order valence-electron chi connectivity index (χ2n) is 6.26. The van der Waals surface area contributed by atoms with Gasteiger partial charge in [-0.25, -0.2) is 4.98 Å². The van der Waals surface area contributed by atoms with Crippen LogP contribution in [0.1, 0.15) is 35.0 Å². The Morgan fingerprint density at radius 3 is 2.45 bits per heavy atom. The molecule has 1 aliphatic heterocycles. The predicted molar refractivity (Wildman–Crippen MR) is 91.1 cm³/mol. The number of rotatable bonds is 2. The zero-order valence-corrected chi connectivity index (χ0v) is 14.0. The molecule has 0 saturated heterocycles. The van der Waals surface area contributed by atoms with E-state index >= 15 is 0 Å². The van der Waals surface area contributed by atoms with Gasteiger partial charge in [0.05, 0.1) is 39.7 Å². The fraction of sp³-hybridized carbons (Fsp3) is 0.375. The molecule has 1 aliphatic rings. The van der Waals surface area contributed by atoms with E-state index in [-0.39, 0.29) is 5.91 Å². The van der Waals surface area contributed by atoms with E-state index in [1.807, 2.05) is 33.8 Å². The number of fused-ring (bicyclic) bond motifs is 1. The topological polar surface area (TPSA) is 85.2 Å². The number of carbonyl (C=O) groups is 1. The van der Waals surface area contributed by atoms with Crippen molar-refractivity contribution in [1.82, 2.24) is 4.98 Å². The first-order valence-electron chi connectivity index (χ1n) is 7.16. The Balaban J connectivity index is 2.09. The maximum atomic E-state index is 12.9. The molecule has 1 amide bonds. The standard InChI is InChI=1S/C16H20N4OS/c1-8-14(22-9(2)19-8)7-20-13-6-12(18)11(17)5-10(13)16(3,4)15(20)21/h5-6H,7,17-18H2,1-4H3. The van der Waals surface area contributed by atoms with Crippen LogP contribution < -0.4 is 16.4 Å². The maximum Gasteiger partial charge on any atom is 0.237 e. The third kappa shape index (κ3) is 2.06. The van der Waals surface area contributed by atoms with Crippen LogP contribution in [0.2, 0.25) is 0 Å². The maximum absolute atomic E-state index is 12.9. The van der Waals surface area contributed by atoms with Crippen molar-refractivity contribution in [2.75, 3.05) is 16.4 Å². The van der Waals surface area contributed by atoms with Crippen molar-refractivity contribution in [3.05, 3.63) is 33.3 Å². The Kier molecular flexibility index (Phi) is 3.18. The number of aromatic nitrogens is 1. The average molecular weight is 316 g/mol. The van der Waals surface area contributed by atoms with Crippen LogP contribution in [0.3, 0.4) is 0 Å². The highest BCUT2D eigenvalue weighted by Gasteiger charge is 2.44. The van der Waals surface area contributed by atoms with Crippen molar-refractivity contribution in [2.45, 2.75) is 39.7 Å². The third-order valence-corrected chi connectivity index (χ3v) is 5.30. The Labute approximate surface area is 133 Å². The summed E-state index contributed by atoms with van der Waals surface area (Å²) in [4.78, 5) is 20.2. The lowest BCUT2D eigenvalue weighted by Gasteiger charge is -2.20. The summed E-state index contributed by atoms with van der Waals surface area (Å²) in [6.45, 7) is 8.32. The number of amides is 1. The fourth-order valence-electron chi connectivity index (χ4n) is 2.93. The quantitative estimate of drug-likeness (QED) is 0.834. The molecule has 0 saturated carbocycles. The largest absolute Gasteiger partial charge is 0.397 e. The molecule has 2 heterocycles. The number of hydrogen-bond acceptors (Lipinski definition) is 5. The smallest absolute Gasteiger partial charge is 0.237 e. The van der Waals surface area contributed by atoms with Gasteiger partial charge in [-0.05, 0) is 45.4 Å². The van der Waals surface area contributed by atoms with Gasteiger partial charge in [-0.2, -0.15) is 0 Å². The number of hydrogen-bond donors (Lipinski definition) is 2. The molecular weight excluding hydrogens is 296 g/mol. The van der Waals surface area contributed by atoms with E-state index in [0.717, 1.165) is 26.8 Å². The molecular formula is C16H20N4OS. The van der Waals surface area contributed by atoms with Crippen LogP contribution in [0.25, 0.3) is 0 Å². The number of anilines is 3. The first kappa shape index (κ1) is 14.8. The molecule has 116 valence electrons. The van der Waals surface area contributed by atoms with Gasteiger partial charge in [0, 0.05) is 4.88 Å². The molecule has 0 aliphatic carbocycles. The van der Waals surface area contributed by atoms with E-state index in [1.54, 1.807) is 22.3 Å². The van der Waals surface area contributed by atoms with Gasteiger partial charge in [0.1, 0.15) is 0 Å². The summed E-state index contributed by atoms with van der Waals surface area (Å²) < 4.78 is 0. The van der Waals surface area contributed by atoms with Crippen LogP contribution in [0.15, 0.2) is 12.1 Å². The first-order valence-corrected chi connectivity index (χ1v) is 7.98. The lowest BCUT2D eigenvalue weighted by molar-refractivity contribution is -0.122. The zero-order chi connectivity index (χ0) is 16.2. The van der Waals surface area contributed by atoms with E-state index in [4.69, 9.17) is 11.5 Å². The fourth-order valence-corrected chi connectivity index (χ4v) is 3.85. The molecule has 0 atom stereocenters. The zero-order valence-electron chi connectivity index (χ0n) is 13.2. The lowest BCUT2D eigenvalue weighted by Crippen LogP contribution is -2.35. The summed E-state index contributed by atoms with van der Waals surface area (Å²) in [6.07, 6.45) is 0. The minimum Gasteiger partial charge on any atom is -0.397 e. The van der Waals surface area contributed by atoms with E-state index in [1.165, 1.54) is 0 Å². The van der Waals surface area contributed by atoms with E-state index in [9.17, 15) is 4.79 Å². The number of thiazole rings is 1. The molecule has 22 heavy (non-hydrogen) atoms. The number of carbonyl (C=O) groups excluding carboxylic acids is 1. The number of aryl methyl sites for hydroxylation is 2. The minimum absolute atomic E-state index is 0.0675. The van der Waals surface area contributed by atoms with E-state index in [0.29, 0.717) is 17.9 Å². The number of nitrogens with two attached hydrogens (primary N) is 2. The van der Waals surface area contributed by atoms with Crippen LogP contribution >= 0.6 is 11.3 Å². The van der Waals surface area contributed by atoms with Crippen LogP contribution in [0.4, 0.5) is 17.1 Å². The van der Waals surface area contributed by atoms with Gasteiger partial charge in [0.25, 0.3) is 0 Å². The average Bonchev–Trinajstić information content (AvgIpc) is 2.83. The van der Waals surface area contributed by atoms with Crippen molar-refractivity contribution >= 4 is 34.3 Å². The Bertz CT molecular complexity index is 779. The molecule has 1 aromatic carbocycles. The van der Waals surface area contributed by atoms with Gasteiger partial charge in [0.2, 0.25) is 5.91 Å². The Hall–Kier alpha value is -2.08. The summed E-state index contributed by atoms with van der Waals surface area (Å²) in [7, 11) is 0. The molecule has 0 unspecified atom stereocenters. The second-order valence-corrected chi connectivity index (χ2v) is 7.54. The van der Waals surface area contributed by atoms with Crippen molar-refractivity contribution in [3.8, 4) is 0 Å².